The maximum absolute atomic E-state index is 12.7. The summed E-state index contributed by atoms with van der Waals surface area (Å²) in [7, 11) is 3.71. The Morgan fingerprint density at radius 2 is 2.04 bits per heavy atom. The summed E-state index contributed by atoms with van der Waals surface area (Å²) in [6, 6.07) is 10.6. The standard InChI is InChI=1S/C19H25N3O2.2ClH/c1-14-12-15-6-4-5-7-17(15)22(14)13-18-16(8-11-24-18)19(23)21(3)10-9-20-2;;/h4-8,11,14,20H,9-10,12-13H2,1-3H3;2*1H. The third-order valence-electron chi connectivity index (χ3n) is 4.68. The van der Waals surface area contributed by atoms with E-state index in [1.54, 1.807) is 17.2 Å². The summed E-state index contributed by atoms with van der Waals surface area (Å²) < 4.78 is 5.66. The van der Waals surface area contributed by atoms with Gasteiger partial charge >= 0.3 is 0 Å². The smallest absolute Gasteiger partial charge is 0.257 e. The van der Waals surface area contributed by atoms with Crippen molar-refractivity contribution in [1.82, 2.24) is 10.2 Å². The molecule has 1 atom stereocenters. The molecule has 3 rings (SSSR count). The highest BCUT2D eigenvalue weighted by Crippen LogP contribution is 2.33. The number of nitrogens with zero attached hydrogens (tertiary/aromatic N) is 2. The van der Waals surface area contributed by atoms with Gasteiger partial charge in [-0.3, -0.25) is 4.79 Å². The van der Waals surface area contributed by atoms with E-state index in [4.69, 9.17) is 4.42 Å². The summed E-state index contributed by atoms with van der Waals surface area (Å²) in [4.78, 5) is 16.7. The van der Waals surface area contributed by atoms with Crippen LogP contribution in [0.4, 0.5) is 5.69 Å². The molecular weight excluding hydrogens is 373 g/mol. The van der Waals surface area contributed by atoms with Gasteiger partial charge in [0.25, 0.3) is 5.91 Å². The first-order chi connectivity index (χ1) is 11.6. The number of benzene rings is 1. The summed E-state index contributed by atoms with van der Waals surface area (Å²) in [6.07, 6.45) is 2.64. The molecule has 144 valence electrons. The molecule has 0 saturated heterocycles. The number of carbonyl (C=O) groups is 1. The topological polar surface area (TPSA) is 48.7 Å². The molecule has 1 aromatic heterocycles. The van der Waals surface area contributed by atoms with Crippen LogP contribution in [0.25, 0.3) is 0 Å². The number of halogens is 2. The average molecular weight is 400 g/mol. The molecule has 0 fully saturated rings. The van der Waals surface area contributed by atoms with E-state index in [1.807, 2.05) is 14.1 Å². The minimum atomic E-state index is 0. The number of furan rings is 1. The molecule has 1 unspecified atom stereocenters. The SMILES string of the molecule is CNCCN(C)C(=O)c1ccoc1CN1c2ccccc2CC1C.Cl.Cl. The lowest BCUT2D eigenvalue weighted by Gasteiger charge is -2.24. The third-order valence-corrected chi connectivity index (χ3v) is 4.68. The van der Waals surface area contributed by atoms with Crippen LogP contribution in [0.15, 0.2) is 41.0 Å². The lowest BCUT2D eigenvalue weighted by Crippen LogP contribution is -2.34. The van der Waals surface area contributed by atoms with E-state index in [2.05, 4.69) is 41.4 Å². The van der Waals surface area contributed by atoms with E-state index >= 15 is 0 Å². The number of rotatable bonds is 6. The van der Waals surface area contributed by atoms with Gasteiger partial charge in [0.05, 0.1) is 18.4 Å². The lowest BCUT2D eigenvalue weighted by molar-refractivity contribution is 0.0794. The van der Waals surface area contributed by atoms with Crippen molar-refractivity contribution in [3.8, 4) is 0 Å². The van der Waals surface area contributed by atoms with Crippen molar-refractivity contribution in [2.24, 2.45) is 0 Å². The van der Waals surface area contributed by atoms with Gasteiger partial charge < -0.3 is 19.5 Å². The normalized spacial score (nSPS) is 15.0. The van der Waals surface area contributed by atoms with Crippen LogP contribution in [0.3, 0.4) is 0 Å². The monoisotopic (exact) mass is 399 g/mol. The van der Waals surface area contributed by atoms with Crippen LogP contribution in [0, 0.1) is 0 Å². The Balaban J connectivity index is 0.00000169. The Morgan fingerprint density at radius 1 is 1.31 bits per heavy atom. The van der Waals surface area contributed by atoms with Crippen molar-refractivity contribution in [1.29, 1.82) is 0 Å². The fraction of sp³-hybridized carbons (Fsp3) is 0.421. The number of hydrogen-bond acceptors (Lipinski definition) is 4. The fourth-order valence-corrected chi connectivity index (χ4v) is 3.27. The second kappa shape index (κ2) is 9.86. The lowest BCUT2D eigenvalue weighted by atomic mass is 10.1. The number of fused-ring (bicyclic) bond motifs is 1. The number of hydrogen-bond donors (Lipinski definition) is 1. The summed E-state index contributed by atoms with van der Waals surface area (Å²) in [6.45, 7) is 4.27. The van der Waals surface area contributed by atoms with Crippen LogP contribution >= 0.6 is 24.8 Å². The van der Waals surface area contributed by atoms with E-state index < -0.39 is 0 Å². The Kier molecular flexibility index (Phi) is 8.47. The van der Waals surface area contributed by atoms with E-state index in [0.29, 0.717) is 24.7 Å². The number of likely N-dealkylation sites (N-methyl/N-ethyl adjacent to an activating group) is 2. The molecule has 5 nitrogen and oxygen atoms in total. The quantitative estimate of drug-likeness (QED) is 0.808. The Labute approximate surface area is 167 Å². The summed E-state index contributed by atoms with van der Waals surface area (Å²) in [5.41, 5.74) is 3.25. The molecule has 0 radical (unpaired) electrons. The van der Waals surface area contributed by atoms with Crippen molar-refractivity contribution in [3.05, 3.63) is 53.5 Å². The first kappa shape index (κ1) is 22.4. The minimum Gasteiger partial charge on any atom is -0.467 e. The molecule has 2 heterocycles. The molecule has 1 amide bonds. The number of amides is 1. The summed E-state index contributed by atoms with van der Waals surface area (Å²) in [5.74, 6) is 0.744. The molecule has 1 N–H and O–H groups in total. The second-order valence-electron chi connectivity index (χ2n) is 6.40. The Morgan fingerprint density at radius 3 is 2.77 bits per heavy atom. The maximum atomic E-state index is 12.7. The van der Waals surface area contributed by atoms with Gasteiger partial charge in [0.2, 0.25) is 0 Å². The highest BCUT2D eigenvalue weighted by atomic mass is 35.5. The molecule has 7 heteroatoms. The molecule has 0 bridgehead atoms. The molecular formula is C19H27Cl2N3O2. The summed E-state index contributed by atoms with van der Waals surface area (Å²) >= 11 is 0. The predicted molar refractivity (Wildman–Crippen MR) is 110 cm³/mol. The molecule has 2 aromatic rings. The average Bonchev–Trinajstić information content (AvgIpc) is 3.17. The van der Waals surface area contributed by atoms with Gasteiger partial charge in [-0.05, 0) is 38.1 Å². The highest BCUT2D eigenvalue weighted by molar-refractivity contribution is 5.95. The van der Waals surface area contributed by atoms with Crippen molar-refractivity contribution in [2.45, 2.75) is 25.9 Å². The van der Waals surface area contributed by atoms with Gasteiger partial charge in [-0.1, -0.05) is 18.2 Å². The molecule has 26 heavy (non-hydrogen) atoms. The zero-order valence-electron chi connectivity index (χ0n) is 15.4. The fourth-order valence-electron chi connectivity index (χ4n) is 3.27. The highest BCUT2D eigenvalue weighted by Gasteiger charge is 2.28. The van der Waals surface area contributed by atoms with Crippen LogP contribution in [-0.4, -0.2) is 44.0 Å². The predicted octanol–water partition coefficient (Wildman–Crippen LogP) is 3.37. The second-order valence-corrected chi connectivity index (χ2v) is 6.40. The number of carbonyl (C=O) groups excluding carboxylic acids is 1. The minimum absolute atomic E-state index is 0. The van der Waals surface area contributed by atoms with Gasteiger partial charge in [0.1, 0.15) is 5.76 Å². The molecule has 1 aliphatic rings. The number of para-hydroxylation sites is 1. The molecule has 0 spiro atoms. The third kappa shape index (κ3) is 4.53. The molecule has 0 aliphatic carbocycles. The van der Waals surface area contributed by atoms with Gasteiger partial charge in [0.15, 0.2) is 0 Å². The maximum Gasteiger partial charge on any atom is 0.257 e. The first-order valence-electron chi connectivity index (χ1n) is 8.42. The zero-order chi connectivity index (χ0) is 17.1. The van der Waals surface area contributed by atoms with Crippen molar-refractivity contribution in [3.63, 3.8) is 0 Å². The first-order valence-corrected chi connectivity index (χ1v) is 8.42. The van der Waals surface area contributed by atoms with Crippen LogP contribution in [0.5, 0.6) is 0 Å². The van der Waals surface area contributed by atoms with Crippen LogP contribution < -0.4 is 10.2 Å². The summed E-state index contributed by atoms with van der Waals surface area (Å²) in [5, 5.41) is 3.06. The van der Waals surface area contributed by atoms with Crippen LogP contribution in [0.2, 0.25) is 0 Å². The Bertz CT molecular complexity index is 720. The molecule has 1 aromatic carbocycles. The van der Waals surface area contributed by atoms with Crippen LogP contribution in [-0.2, 0) is 13.0 Å². The molecule has 0 saturated carbocycles. The van der Waals surface area contributed by atoms with Crippen molar-refractivity contribution in [2.75, 3.05) is 32.1 Å². The van der Waals surface area contributed by atoms with Gasteiger partial charge in [-0.25, -0.2) is 0 Å². The van der Waals surface area contributed by atoms with Gasteiger partial charge in [-0.15, -0.1) is 24.8 Å². The van der Waals surface area contributed by atoms with Gasteiger partial charge in [0, 0.05) is 31.9 Å². The van der Waals surface area contributed by atoms with E-state index in [9.17, 15) is 4.79 Å². The van der Waals surface area contributed by atoms with E-state index in [0.717, 1.165) is 18.7 Å². The van der Waals surface area contributed by atoms with E-state index in [1.165, 1.54) is 11.3 Å². The zero-order valence-corrected chi connectivity index (χ0v) is 17.0. The largest absolute Gasteiger partial charge is 0.467 e. The number of nitrogens with one attached hydrogen (secondary N) is 1. The Hall–Kier alpha value is -1.69. The van der Waals surface area contributed by atoms with Gasteiger partial charge in [-0.2, -0.15) is 0 Å². The number of anilines is 1. The molecule has 1 aliphatic heterocycles. The van der Waals surface area contributed by atoms with E-state index in [-0.39, 0.29) is 30.7 Å². The van der Waals surface area contributed by atoms with Crippen molar-refractivity contribution < 1.29 is 9.21 Å². The van der Waals surface area contributed by atoms with Crippen molar-refractivity contribution >= 4 is 36.4 Å². The van der Waals surface area contributed by atoms with Crippen LogP contribution in [0.1, 0.15) is 28.6 Å².